The number of hydrogen-bond acceptors (Lipinski definition) is 0. The summed E-state index contributed by atoms with van der Waals surface area (Å²) in [7, 11) is 0. The smallest absolute Gasteiger partial charge is 0.0382 e. The molecule has 0 fully saturated rings. The van der Waals surface area contributed by atoms with Crippen LogP contribution in [0.5, 0.6) is 0 Å². The van der Waals surface area contributed by atoms with Crippen LogP contribution in [0.4, 0.5) is 0 Å². The fourth-order valence-corrected chi connectivity index (χ4v) is 0. The summed E-state index contributed by atoms with van der Waals surface area (Å²) < 4.78 is 0. The summed E-state index contributed by atoms with van der Waals surface area (Å²) in [6.07, 6.45) is 4.71. The van der Waals surface area contributed by atoms with Gasteiger partial charge in [0.15, 0.2) is 0 Å². The lowest BCUT2D eigenvalue weighted by molar-refractivity contribution is 1.23. The summed E-state index contributed by atoms with van der Waals surface area (Å²) in [5, 5.41) is 0. The zero-order valence-corrected chi connectivity index (χ0v) is 8.48. The minimum Gasteiger partial charge on any atom is -0.103 e. The molecular formula is C11H22. The standard InChI is InChI=1S/2C4H8.C3H6/c1-4(2)3;1-3-4-2;1-3-2/h1H2,2-3H3;3H,1,4H2,2H3;3H,1H2,2H3. The second-order valence-corrected chi connectivity index (χ2v) is 2.31. The highest BCUT2D eigenvalue weighted by atomic mass is 13.6. The number of allylic oxidation sites excluding steroid dienone is 3. The van der Waals surface area contributed by atoms with Gasteiger partial charge in [-0.1, -0.05) is 24.6 Å². The van der Waals surface area contributed by atoms with Crippen molar-refractivity contribution in [1.82, 2.24) is 0 Å². The van der Waals surface area contributed by atoms with E-state index in [9.17, 15) is 0 Å². The zero-order valence-electron chi connectivity index (χ0n) is 8.48. The highest BCUT2D eigenvalue weighted by Crippen LogP contribution is 1.73. The molecule has 0 aromatic carbocycles. The van der Waals surface area contributed by atoms with E-state index >= 15 is 0 Å². The molecule has 0 nitrogen and oxygen atoms in total. The van der Waals surface area contributed by atoms with Crippen LogP contribution in [0.2, 0.25) is 0 Å². The number of rotatable bonds is 1. The van der Waals surface area contributed by atoms with E-state index in [1.165, 1.54) is 5.57 Å². The van der Waals surface area contributed by atoms with Gasteiger partial charge in [0.1, 0.15) is 0 Å². The molecule has 0 bridgehead atoms. The summed E-state index contributed by atoms with van der Waals surface area (Å²) in [6, 6.07) is 0. The maximum atomic E-state index is 3.56. The Morgan fingerprint density at radius 2 is 1.36 bits per heavy atom. The van der Waals surface area contributed by atoms with Gasteiger partial charge < -0.3 is 0 Å². The summed E-state index contributed by atoms with van der Waals surface area (Å²) in [6.45, 7) is 18.3. The molecular weight excluding hydrogens is 132 g/mol. The third kappa shape index (κ3) is 9930. The van der Waals surface area contributed by atoms with Crippen molar-refractivity contribution in [3.05, 3.63) is 37.5 Å². The zero-order chi connectivity index (χ0) is 9.70. The SMILES string of the molecule is C=C(C)C.C=CC.C=CCC. The molecule has 0 rings (SSSR count). The first kappa shape index (κ1) is 16.7. The van der Waals surface area contributed by atoms with Crippen molar-refractivity contribution >= 4 is 0 Å². The largest absolute Gasteiger partial charge is 0.103 e. The first-order valence-corrected chi connectivity index (χ1v) is 3.86. The summed E-state index contributed by atoms with van der Waals surface area (Å²) in [5.74, 6) is 0. The van der Waals surface area contributed by atoms with E-state index in [2.05, 4.69) is 26.7 Å². The Bertz CT molecular complexity index is 84.2. The van der Waals surface area contributed by atoms with Crippen LogP contribution in [0.3, 0.4) is 0 Å². The van der Waals surface area contributed by atoms with Crippen molar-refractivity contribution in [2.24, 2.45) is 0 Å². The van der Waals surface area contributed by atoms with Crippen molar-refractivity contribution in [3.8, 4) is 0 Å². The Hall–Kier alpha value is -0.780. The molecule has 0 aliphatic carbocycles. The maximum Gasteiger partial charge on any atom is -0.0382 e. The van der Waals surface area contributed by atoms with E-state index < -0.39 is 0 Å². The molecule has 0 aromatic heterocycles. The lowest BCUT2D eigenvalue weighted by Crippen LogP contribution is -1.43. The Morgan fingerprint density at radius 3 is 1.36 bits per heavy atom. The highest BCUT2D eigenvalue weighted by molar-refractivity contribution is 4.78. The fourth-order valence-electron chi connectivity index (χ4n) is 0. The van der Waals surface area contributed by atoms with Crippen molar-refractivity contribution in [2.75, 3.05) is 0 Å². The molecule has 0 aromatic rings. The van der Waals surface area contributed by atoms with Gasteiger partial charge in [-0.3, -0.25) is 0 Å². The predicted octanol–water partition coefficient (Wildman–Crippen LogP) is 4.36. The fraction of sp³-hybridized carbons (Fsp3) is 0.455. The van der Waals surface area contributed by atoms with Gasteiger partial charge in [0.25, 0.3) is 0 Å². The van der Waals surface area contributed by atoms with Crippen LogP contribution < -0.4 is 0 Å². The Labute approximate surface area is 72.3 Å². The highest BCUT2D eigenvalue weighted by Gasteiger charge is 1.51. The monoisotopic (exact) mass is 154 g/mol. The molecule has 0 unspecified atom stereocenters. The van der Waals surface area contributed by atoms with Crippen molar-refractivity contribution in [3.63, 3.8) is 0 Å². The minimum atomic E-state index is 1.08. The van der Waals surface area contributed by atoms with Crippen LogP contribution in [0, 0.1) is 0 Å². The average Bonchev–Trinajstić information content (AvgIpc) is 1.88. The van der Waals surface area contributed by atoms with Gasteiger partial charge in [-0.05, 0) is 27.2 Å². The van der Waals surface area contributed by atoms with Gasteiger partial charge >= 0.3 is 0 Å². The molecule has 0 N–H and O–H groups in total. The van der Waals surface area contributed by atoms with Crippen LogP contribution in [-0.4, -0.2) is 0 Å². The molecule has 0 saturated carbocycles. The molecule has 0 amide bonds. The van der Waals surface area contributed by atoms with Crippen LogP contribution in [0.15, 0.2) is 37.5 Å². The Morgan fingerprint density at radius 1 is 1.27 bits per heavy atom. The topological polar surface area (TPSA) is 0 Å². The van der Waals surface area contributed by atoms with Crippen molar-refractivity contribution in [2.45, 2.75) is 34.1 Å². The molecule has 66 valence electrons. The van der Waals surface area contributed by atoms with Crippen molar-refractivity contribution < 1.29 is 0 Å². The molecule has 0 saturated heterocycles. The summed E-state index contributed by atoms with van der Waals surface area (Å²) in [4.78, 5) is 0. The maximum absolute atomic E-state index is 3.56. The van der Waals surface area contributed by atoms with Gasteiger partial charge in [-0.25, -0.2) is 0 Å². The van der Waals surface area contributed by atoms with Gasteiger partial charge in [0, 0.05) is 0 Å². The normalized spacial score (nSPS) is 5.82. The van der Waals surface area contributed by atoms with Gasteiger partial charge in [0.05, 0.1) is 0 Å². The molecule has 0 atom stereocenters. The Kier molecular flexibility index (Phi) is 34.6. The van der Waals surface area contributed by atoms with Gasteiger partial charge in [-0.15, -0.1) is 19.7 Å². The first-order valence-electron chi connectivity index (χ1n) is 3.86. The van der Waals surface area contributed by atoms with Gasteiger partial charge in [-0.2, -0.15) is 0 Å². The number of hydrogen-bond donors (Lipinski definition) is 0. The predicted molar refractivity (Wildman–Crippen MR) is 56.8 cm³/mol. The second-order valence-electron chi connectivity index (χ2n) is 2.31. The third-order valence-corrected chi connectivity index (χ3v) is 0.289. The van der Waals surface area contributed by atoms with E-state index in [-0.39, 0.29) is 0 Å². The minimum absolute atomic E-state index is 1.08. The van der Waals surface area contributed by atoms with Crippen LogP contribution in [-0.2, 0) is 0 Å². The van der Waals surface area contributed by atoms with Crippen LogP contribution >= 0.6 is 0 Å². The van der Waals surface area contributed by atoms with Crippen LogP contribution in [0.25, 0.3) is 0 Å². The molecule has 0 radical (unpaired) electrons. The second kappa shape index (κ2) is 22.9. The first-order chi connectivity index (χ1) is 5.06. The lowest BCUT2D eigenvalue weighted by Gasteiger charge is -1.65. The molecule has 0 aliphatic heterocycles. The summed E-state index contributed by atoms with van der Waals surface area (Å²) >= 11 is 0. The molecule has 0 heteroatoms. The van der Waals surface area contributed by atoms with E-state index in [0.29, 0.717) is 0 Å². The average molecular weight is 154 g/mol. The van der Waals surface area contributed by atoms with E-state index in [0.717, 1.165) is 6.42 Å². The van der Waals surface area contributed by atoms with E-state index in [1.807, 2.05) is 26.8 Å². The lowest BCUT2D eigenvalue weighted by atomic mass is 10.4. The van der Waals surface area contributed by atoms with Crippen molar-refractivity contribution in [1.29, 1.82) is 0 Å². The third-order valence-electron chi connectivity index (χ3n) is 0.289. The van der Waals surface area contributed by atoms with Crippen LogP contribution in [0.1, 0.15) is 34.1 Å². The molecule has 0 spiro atoms. The summed E-state index contributed by atoms with van der Waals surface area (Å²) in [5.41, 5.74) is 1.17. The van der Waals surface area contributed by atoms with E-state index in [1.54, 1.807) is 6.08 Å². The molecule has 0 heterocycles. The Balaban J connectivity index is -0.0000000886. The quantitative estimate of drug-likeness (QED) is 0.492. The molecule has 0 aliphatic rings. The van der Waals surface area contributed by atoms with E-state index in [4.69, 9.17) is 0 Å². The molecule has 11 heavy (non-hydrogen) atoms. The van der Waals surface area contributed by atoms with Gasteiger partial charge in [0.2, 0.25) is 0 Å².